The van der Waals surface area contributed by atoms with E-state index in [2.05, 4.69) is 43.9 Å². The van der Waals surface area contributed by atoms with Gasteiger partial charge in [-0.2, -0.15) is 0 Å². The molecule has 4 atom stereocenters. The first-order valence-corrected chi connectivity index (χ1v) is 13.2. The second kappa shape index (κ2) is 5.57. The van der Waals surface area contributed by atoms with Gasteiger partial charge in [0.25, 0.3) is 0 Å². The van der Waals surface area contributed by atoms with Crippen LogP contribution in [0.2, 0.25) is 30.0 Å². The van der Waals surface area contributed by atoms with Gasteiger partial charge in [-0.15, -0.1) is 0 Å². The molecule has 1 saturated heterocycles. The van der Waals surface area contributed by atoms with Crippen LogP contribution in [0.4, 0.5) is 0 Å². The molecule has 2 fully saturated rings. The van der Waals surface area contributed by atoms with Crippen LogP contribution in [0.25, 0.3) is 0 Å². The number of Topliss-reactive ketones (excluding diaryl/α,β-unsaturated/α-hetero) is 1. The first-order valence-electron chi connectivity index (χ1n) is 7.80. The monoisotopic (exact) mass is 384 g/mol. The van der Waals surface area contributed by atoms with E-state index in [0.717, 1.165) is 0 Å². The summed E-state index contributed by atoms with van der Waals surface area (Å²) < 4.78 is 13.4. The number of hydrogen-bond acceptors (Lipinski definition) is 3. The van der Waals surface area contributed by atoms with Crippen LogP contribution >= 0.6 is 0 Å². The quantitative estimate of drug-likeness (QED) is 0.753. The Hall–Kier alpha value is -0.454. The average molecular weight is 383 g/mol. The fourth-order valence-corrected chi connectivity index (χ4v) is 11.2. The van der Waals surface area contributed by atoms with Gasteiger partial charge in [0, 0.05) is 0 Å². The summed E-state index contributed by atoms with van der Waals surface area (Å²) in [5, 5.41) is 0. The van der Waals surface area contributed by atoms with Crippen molar-refractivity contribution in [3.05, 3.63) is 30.3 Å². The Balaban J connectivity index is 1.91. The van der Waals surface area contributed by atoms with Crippen molar-refractivity contribution in [2.24, 2.45) is 0 Å². The zero-order valence-corrected chi connectivity index (χ0v) is 16.5. The van der Waals surface area contributed by atoms with Gasteiger partial charge in [-0.3, -0.25) is 0 Å². The zero-order chi connectivity index (χ0) is 16.1. The standard InChI is InChI=1S/C17H24O3SeSi/c1-17(2)19-13-12(18)15(21-11-9-7-6-8-10-11)16(14(13)20-17)22(3,4)5/h6-10,13-16H,1-5H3/t13-,14-,15?,16+/m0/s1. The van der Waals surface area contributed by atoms with Crippen LogP contribution in [0.15, 0.2) is 30.3 Å². The first-order chi connectivity index (χ1) is 10.2. The van der Waals surface area contributed by atoms with E-state index in [1.165, 1.54) is 4.46 Å². The summed E-state index contributed by atoms with van der Waals surface area (Å²) in [5.74, 6) is -0.361. The van der Waals surface area contributed by atoms with Crippen molar-refractivity contribution in [2.45, 2.75) is 61.8 Å². The Bertz CT molecular complexity index is 567. The van der Waals surface area contributed by atoms with Gasteiger partial charge >= 0.3 is 140 Å². The second-order valence-corrected chi connectivity index (χ2v) is 15.6. The molecule has 0 spiro atoms. The van der Waals surface area contributed by atoms with Crippen molar-refractivity contribution in [3.63, 3.8) is 0 Å². The van der Waals surface area contributed by atoms with Crippen LogP contribution in [-0.4, -0.2) is 46.8 Å². The molecule has 0 aromatic heterocycles. The van der Waals surface area contributed by atoms with Crippen molar-refractivity contribution >= 4 is 33.3 Å². The number of ether oxygens (including phenoxy) is 2. The van der Waals surface area contributed by atoms with E-state index in [-0.39, 0.29) is 37.8 Å². The summed E-state index contributed by atoms with van der Waals surface area (Å²) in [7, 11) is -1.54. The van der Waals surface area contributed by atoms with Gasteiger partial charge in [-0.1, -0.05) is 0 Å². The number of fused-ring (bicyclic) bond motifs is 1. The summed E-state index contributed by atoms with van der Waals surface area (Å²) >= 11 is 0.143. The Morgan fingerprint density at radius 3 is 2.32 bits per heavy atom. The predicted molar refractivity (Wildman–Crippen MR) is 91.5 cm³/mol. The molecule has 1 aromatic carbocycles. The van der Waals surface area contributed by atoms with E-state index >= 15 is 0 Å². The second-order valence-electron chi connectivity index (χ2n) is 7.67. The molecule has 120 valence electrons. The van der Waals surface area contributed by atoms with Crippen molar-refractivity contribution in [1.82, 2.24) is 0 Å². The van der Waals surface area contributed by atoms with E-state index in [9.17, 15) is 4.79 Å². The molecule has 1 aromatic rings. The maximum atomic E-state index is 13.0. The van der Waals surface area contributed by atoms with Crippen molar-refractivity contribution in [3.8, 4) is 0 Å². The van der Waals surface area contributed by atoms with Gasteiger partial charge < -0.3 is 0 Å². The molecule has 1 heterocycles. The van der Waals surface area contributed by atoms with E-state index in [4.69, 9.17) is 9.47 Å². The average Bonchev–Trinajstić information content (AvgIpc) is 2.83. The summed E-state index contributed by atoms with van der Waals surface area (Å²) in [6.07, 6.45) is -0.410. The molecule has 1 unspecified atom stereocenters. The number of carbonyl (C=O) groups excluding carboxylic acids is 1. The number of ketones is 1. The topological polar surface area (TPSA) is 35.5 Å². The zero-order valence-electron chi connectivity index (χ0n) is 13.8. The van der Waals surface area contributed by atoms with Crippen molar-refractivity contribution < 1.29 is 14.3 Å². The summed E-state index contributed by atoms with van der Waals surface area (Å²) in [5.41, 5.74) is 0.340. The molecular formula is C17H24O3SeSi. The molecule has 1 aliphatic carbocycles. The van der Waals surface area contributed by atoms with Crippen LogP contribution in [0, 0.1) is 0 Å². The van der Waals surface area contributed by atoms with Crippen LogP contribution in [0.1, 0.15) is 13.8 Å². The summed E-state index contributed by atoms with van der Waals surface area (Å²) in [6, 6.07) is 10.4. The number of carbonyl (C=O) groups is 1. The van der Waals surface area contributed by atoms with Gasteiger partial charge in [0.05, 0.1) is 0 Å². The van der Waals surface area contributed by atoms with Gasteiger partial charge in [-0.05, 0) is 0 Å². The third-order valence-electron chi connectivity index (χ3n) is 4.38. The fraction of sp³-hybridized carbons (Fsp3) is 0.588. The predicted octanol–water partition coefficient (Wildman–Crippen LogP) is 2.62. The van der Waals surface area contributed by atoms with Gasteiger partial charge in [0.2, 0.25) is 0 Å². The minimum absolute atomic E-state index is 0.0512. The number of benzene rings is 1. The van der Waals surface area contributed by atoms with Crippen LogP contribution in [0.5, 0.6) is 0 Å². The number of hydrogen-bond donors (Lipinski definition) is 0. The molecular weight excluding hydrogens is 359 g/mol. The molecule has 0 radical (unpaired) electrons. The molecule has 1 aliphatic heterocycles. The van der Waals surface area contributed by atoms with Crippen LogP contribution < -0.4 is 4.46 Å². The number of rotatable bonds is 3. The van der Waals surface area contributed by atoms with Gasteiger partial charge in [0.1, 0.15) is 0 Å². The minimum atomic E-state index is -1.54. The molecule has 5 heteroatoms. The fourth-order valence-electron chi connectivity index (χ4n) is 3.51. The van der Waals surface area contributed by atoms with Crippen LogP contribution in [-0.2, 0) is 14.3 Å². The van der Waals surface area contributed by atoms with E-state index < -0.39 is 13.9 Å². The normalized spacial score (nSPS) is 34.0. The summed E-state index contributed by atoms with van der Waals surface area (Å²) in [4.78, 5) is 13.1. The Morgan fingerprint density at radius 2 is 1.73 bits per heavy atom. The molecule has 3 rings (SSSR count). The Morgan fingerprint density at radius 1 is 1.09 bits per heavy atom. The molecule has 0 amide bonds. The van der Waals surface area contributed by atoms with Crippen molar-refractivity contribution in [2.75, 3.05) is 0 Å². The summed E-state index contributed by atoms with van der Waals surface area (Å²) in [6.45, 7) is 10.9. The van der Waals surface area contributed by atoms with Crippen molar-refractivity contribution in [1.29, 1.82) is 0 Å². The molecule has 0 bridgehead atoms. The van der Waals surface area contributed by atoms with E-state index in [1.54, 1.807) is 0 Å². The molecule has 22 heavy (non-hydrogen) atoms. The van der Waals surface area contributed by atoms with E-state index in [0.29, 0.717) is 5.54 Å². The van der Waals surface area contributed by atoms with Gasteiger partial charge in [0.15, 0.2) is 0 Å². The third kappa shape index (κ3) is 2.97. The molecule has 1 saturated carbocycles. The van der Waals surface area contributed by atoms with E-state index in [1.807, 2.05) is 19.9 Å². The molecule has 0 N–H and O–H groups in total. The Labute approximate surface area is 139 Å². The van der Waals surface area contributed by atoms with Crippen LogP contribution in [0.3, 0.4) is 0 Å². The molecule has 3 nitrogen and oxygen atoms in total. The third-order valence-corrected chi connectivity index (χ3v) is 10.4. The molecule has 2 aliphatic rings. The van der Waals surface area contributed by atoms with Gasteiger partial charge in [-0.25, -0.2) is 0 Å². The first kappa shape index (κ1) is 16.4. The Kier molecular flexibility index (Phi) is 4.15. The SMILES string of the molecule is CC1(C)O[C@H]2[C@@H](O1)C(=O)C([Se]c1ccccc1)[C@@H]2[Si](C)(C)C. The maximum absolute atomic E-state index is 13.0.